The molecule has 0 amide bonds. The lowest BCUT2D eigenvalue weighted by Crippen LogP contribution is -2.39. The van der Waals surface area contributed by atoms with E-state index in [0.29, 0.717) is 32.2 Å². The normalized spacial score (nSPS) is 16.3. The van der Waals surface area contributed by atoms with Crippen LogP contribution in [-0.2, 0) is 20.0 Å². The van der Waals surface area contributed by atoms with Gasteiger partial charge in [-0.25, -0.2) is 12.8 Å². The molecule has 0 aromatic heterocycles. The van der Waals surface area contributed by atoms with E-state index < -0.39 is 9.84 Å². The molecule has 0 heterocycles. The van der Waals surface area contributed by atoms with Gasteiger partial charge in [0.05, 0.1) is 25.5 Å². The number of halogens is 1. The van der Waals surface area contributed by atoms with E-state index in [2.05, 4.69) is 15.6 Å². The average Bonchev–Trinajstić information content (AvgIpc) is 3.36. The highest BCUT2D eigenvalue weighted by Gasteiger charge is 2.45. The Kier molecular flexibility index (Phi) is 7.40. The molecule has 0 spiro atoms. The van der Waals surface area contributed by atoms with Crippen LogP contribution in [0.1, 0.15) is 25.3 Å². The van der Waals surface area contributed by atoms with Crippen LogP contribution >= 0.6 is 0 Å². The SMILES string of the molecule is CCNC(=NCC1(c2ccccc2F)CC1)NCCOCCS(C)(=O)=O. The molecule has 2 N–H and O–H groups in total. The monoisotopic (exact) mass is 385 g/mol. The average molecular weight is 386 g/mol. The van der Waals surface area contributed by atoms with Gasteiger partial charge in [-0.3, -0.25) is 4.99 Å². The zero-order valence-corrected chi connectivity index (χ0v) is 16.2. The number of rotatable bonds is 10. The Balaban J connectivity index is 1.82. The third-order valence-electron chi connectivity index (χ3n) is 4.32. The van der Waals surface area contributed by atoms with E-state index in [4.69, 9.17) is 4.74 Å². The molecule has 0 unspecified atom stereocenters. The van der Waals surface area contributed by atoms with E-state index in [-0.39, 0.29) is 23.6 Å². The van der Waals surface area contributed by atoms with Crippen molar-refractivity contribution in [1.29, 1.82) is 0 Å². The standard InChI is InChI=1S/C18H28FN3O3S/c1-3-20-17(21-10-11-25-12-13-26(2,23)24)22-14-18(8-9-18)15-6-4-5-7-16(15)19/h4-7H,3,8-14H2,1-2H3,(H2,20,21,22). The molecular formula is C18H28FN3O3S. The Bertz CT molecular complexity index is 718. The van der Waals surface area contributed by atoms with Crippen molar-refractivity contribution in [3.05, 3.63) is 35.6 Å². The third-order valence-corrected chi connectivity index (χ3v) is 5.23. The van der Waals surface area contributed by atoms with Crippen molar-refractivity contribution in [2.24, 2.45) is 4.99 Å². The summed E-state index contributed by atoms with van der Waals surface area (Å²) in [5, 5.41) is 6.31. The fraction of sp³-hybridized carbons (Fsp3) is 0.611. The minimum atomic E-state index is -3.00. The van der Waals surface area contributed by atoms with Gasteiger partial charge in [0, 0.05) is 24.8 Å². The highest BCUT2D eigenvalue weighted by Crippen LogP contribution is 2.49. The molecule has 1 saturated carbocycles. The number of sulfone groups is 1. The summed E-state index contributed by atoms with van der Waals surface area (Å²) in [7, 11) is -3.00. The molecule has 26 heavy (non-hydrogen) atoms. The number of nitrogens with zero attached hydrogens (tertiary/aromatic N) is 1. The number of ether oxygens (including phenoxy) is 1. The van der Waals surface area contributed by atoms with Gasteiger partial charge in [0.1, 0.15) is 15.7 Å². The van der Waals surface area contributed by atoms with Crippen LogP contribution in [0.5, 0.6) is 0 Å². The molecule has 8 heteroatoms. The van der Waals surface area contributed by atoms with E-state index in [9.17, 15) is 12.8 Å². The maximum atomic E-state index is 14.1. The maximum Gasteiger partial charge on any atom is 0.191 e. The van der Waals surface area contributed by atoms with Crippen molar-refractivity contribution in [2.75, 3.05) is 44.9 Å². The molecule has 2 rings (SSSR count). The summed E-state index contributed by atoms with van der Waals surface area (Å²) in [5.41, 5.74) is 0.545. The molecule has 1 aliphatic carbocycles. The predicted octanol–water partition coefficient (Wildman–Crippen LogP) is 1.47. The zero-order chi connectivity index (χ0) is 19.0. The van der Waals surface area contributed by atoms with Gasteiger partial charge in [-0.15, -0.1) is 0 Å². The number of nitrogens with one attached hydrogen (secondary N) is 2. The number of guanidine groups is 1. The van der Waals surface area contributed by atoms with Gasteiger partial charge < -0.3 is 15.4 Å². The molecule has 0 radical (unpaired) electrons. The van der Waals surface area contributed by atoms with E-state index >= 15 is 0 Å². The number of hydrogen-bond donors (Lipinski definition) is 2. The van der Waals surface area contributed by atoms with Crippen molar-refractivity contribution in [1.82, 2.24) is 10.6 Å². The van der Waals surface area contributed by atoms with Gasteiger partial charge in [0.2, 0.25) is 0 Å². The second-order valence-electron chi connectivity index (χ2n) is 6.62. The Labute approximate surface area is 155 Å². The van der Waals surface area contributed by atoms with Crippen molar-refractivity contribution in [3.8, 4) is 0 Å². The van der Waals surface area contributed by atoms with Gasteiger partial charge in [-0.05, 0) is 31.4 Å². The largest absolute Gasteiger partial charge is 0.379 e. The van der Waals surface area contributed by atoms with Gasteiger partial charge in [-0.1, -0.05) is 18.2 Å². The lowest BCUT2D eigenvalue weighted by atomic mass is 9.95. The molecular weight excluding hydrogens is 357 g/mol. The summed E-state index contributed by atoms with van der Waals surface area (Å²) in [4.78, 5) is 4.60. The number of aliphatic imine (C=N–C) groups is 1. The Hall–Kier alpha value is -1.67. The summed E-state index contributed by atoms with van der Waals surface area (Å²) >= 11 is 0. The smallest absolute Gasteiger partial charge is 0.191 e. The predicted molar refractivity (Wildman–Crippen MR) is 102 cm³/mol. The quantitative estimate of drug-likeness (QED) is 0.362. The van der Waals surface area contributed by atoms with E-state index in [1.807, 2.05) is 19.1 Å². The Morgan fingerprint density at radius 2 is 2.00 bits per heavy atom. The molecule has 146 valence electrons. The molecule has 0 bridgehead atoms. The van der Waals surface area contributed by atoms with Crippen LogP contribution in [0.25, 0.3) is 0 Å². The Morgan fingerprint density at radius 3 is 2.62 bits per heavy atom. The molecule has 1 aliphatic rings. The first-order valence-corrected chi connectivity index (χ1v) is 10.9. The zero-order valence-electron chi connectivity index (χ0n) is 15.4. The Morgan fingerprint density at radius 1 is 1.27 bits per heavy atom. The molecule has 6 nitrogen and oxygen atoms in total. The number of hydrogen-bond acceptors (Lipinski definition) is 4. The minimum Gasteiger partial charge on any atom is -0.379 e. The van der Waals surface area contributed by atoms with Crippen LogP contribution in [0.2, 0.25) is 0 Å². The van der Waals surface area contributed by atoms with Crippen molar-refractivity contribution < 1.29 is 17.5 Å². The summed E-state index contributed by atoms with van der Waals surface area (Å²) < 4.78 is 41.4. The maximum absolute atomic E-state index is 14.1. The highest BCUT2D eigenvalue weighted by atomic mass is 32.2. The van der Waals surface area contributed by atoms with Gasteiger partial charge in [0.15, 0.2) is 5.96 Å². The minimum absolute atomic E-state index is 0.0202. The lowest BCUT2D eigenvalue weighted by molar-refractivity contribution is 0.154. The molecule has 0 atom stereocenters. The van der Waals surface area contributed by atoms with Crippen LogP contribution in [0.15, 0.2) is 29.3 Å². The fourth-order valence-corrected chi connectivity index (χ4v) is 3.10. The summed E-state index contributed by atoms with van der Waals surface area (Å²) in [6.07, 6.45) is 3.06. The van der Waals surface area contributed by atoms with Crippen molar-refractivity contribution in [2.45, 2.75) is 25.2 Å². The van der Waals surface area contributed by atoms with Crippen LogP contribution in [0.3, 0.4) is 0 Å². The topological polar surface area (TPSA) is 79.8 Å². The summed E-state index contributed by atoms with van der Waals surface area (Å²) in [6.45, 7) is 4.31. The molecule has 1 aromatic carbocycles. The molecule has 0 saturated heterocycles. The van der Waals surface area contributed by atoms with Gasteiger partial charge >= 0.3 is 0 Å². The van der Waals surface area contributed by atoms with Crippen molar-refractivity contribution in [3.63, 3.8) is 0 Å². The van der Waals surface area contributed by atoms with E-state index in [1.54, 1.807) is 6.07 Å². The van der Waals surface area contributed by atoms with Crippen molar-refractivity contribution >= 4 is 15.8 Å². The van der Waals surface area contributed by atoms with Gasteiger partial charge in [0.25, 0.3) is 0 Å². The van der Waals surface area contributed by atoms with Gasteiger partial charge in [-0.2, -0.15) is 0 Å². The van der Waals surface area contributed by atoms with Crippen LogP contribution in [-0.4, -0.2) is 59.2 Å². The molecule has 0 aliphatic heterocycles. The van der Waals surface area contributed by atoms with E-state index in [1.165, 1.54) is 12.3 Å². The molecule has 1 aromatic rings. The van der Waals surface area contributed by atoms with Crippen LogP contribution in [0.4, 0.5) is 4.39 Å². The third kappa shape index (κ3) is 6.57. The second-order valence-corrected chi connectivity index (χ2v) is 8.88. The van der Waals surface area contributed by atoms with Crippen LogP contribution in [0, 0.1) is 5.82 Å². The first-order chi connectivity index (χ1) is 12.4. The highest BCUT2D eigenvalue weighted by molar-refractivity contribution is 7.90. The first-order valence-electron chi connectivity index (χ1n) is 8.89. The molecule has 1 fully saturated rings. The fourth-order valence-electron chi connectivity index (χ4n) is 2.68. The first kappa shape index (κ1) is 20.6. The summed E-state index contributed by atoms with van der Waals surface area (Å²) in [6, 6.07) is 6.90. The lowest BCUT2D eigenvalue weighted by Gasteiger charge is -2.16. The second kappa shape index (κ2) is 9.32. The van der Waals surface area contributed by atoms with E-state index in [0.717, 1.165) is 18.4 Å². The summed E-state index contributed by atoms with van der Waals surface area (Å²) in [5.74, 6) is 0.506. The van der Waals surface area contributed by atoms with Crippen LogP contribution < -0.4 is 10.6 Å². The number of benzene rings is 1.